The van der Waals surface area contributed by atoms with Gasteiger partial charge in [-0.25, -0.2) is 0 Å². The molecular formula is C8H6N4O4S2. The van der Waals surface area contributed by atoms with Crippen molar-refractivity contribution in [3.05, 3.63) is 58.0 Å². The highest BCUT2D eigenvalue weighted by molar-refractivity contribution is 8.76. The minimum atomic E-state index is 0.256. The average molecular weight is 286 g/mol. The molecule has 0 aromatic carbocycles. The molecule has 94 valence electrons. The first-order chi connectivity index (χ1) is 8.56. The summed E-state index contributed by atoms with van der Waals surface area (Å²) in [6.45, 7) is 0. The van der Waals surface area contributed by atoms with Crippen LogP contribution in [0.3, 0.4) is 0 Å². The van der Waals surface area contributed by atoms with Crippen LogP contribution in [0.1, 0.15) is 0 Å². The Morgan fingerprint density at radius 2 is 1.11 bits per heavy atom. The van der Waals surface area contributed by atoms with Gasteiger partial charge >= 0.3 is 12.7 Å². The molecule has 0 N–H and O–H groups in total. The van der Waals surface area contributed by atoms with Crippen molar-refractivity contribution in [2.24, 2.45) is 0 Å². The van der Waals surface area contributed by atoms with E-state index in [9.17, 15) is 20.8 Å². The van der Waals surface area contributed by atoms with Crippen LogP contribution in [0.15, 0.2) is 47.2 Å². The van der Waals surface area contributed by atoms with Crippen LogP contribution in [0, 0.1) is 20.8 Å². The van der Waals surface area contributed by atoms with Gasteiger partial charge in [-0.1, -0.05) is 0 Å². The van der Waals surface area contributed by atoms with Gasteiger partial charge in [-0.05, 0) is 0 Å². The van der Waals surface area contributed by atoms with E-state index in [0.717, 1.165) is 34.2 Å². The van der Waals surface area contributed by atoms with Crippen LogP contribution in [0.5, 0.6) is 0 Å². The summed E-state index contributed by atoms with van der Waals surface area (Å²) in [6.07, 6.45) is 4.01. The van der Waals surface area contributed by atoms with Crippen molar-refractivity contribution in [2.45, 2.75) is 10.1 Å². The highest BCUT2D eigenvalue weighted by Crippen LogP contribution is 2.32. The van der Waals surface area contributed by atoms with Gasteiger partial charge in [0.15, 0.2) is 12.4 Å². The molecule has 0 saturated carbocycles. The van der Waals surface area contributed by atoms with E-state index in [0.29, 0.717) is 18.9 Å². The van der Waals surface area contributed by atoms with Gasteiger partial charge in [0, 0.05) is 21.6 Å². The second-order valence-electron chi connectivity index (χ2n) is 3.08. The highest BCUT2D eigenvalue weighted by Gasteiger charge is 2.15. The van der Waals surface area contributed by atoms with Crippen LogP contribution < -0.4 is 18.9 Å². The first-order valence-corrected chi connectivity index (χ1v) is 6.70. The fourth-order valence-corrected chi connectivity index (χ4v) is 2.96. The number of nitrogens with zero attached hydrogens (tertiary/aromatic N) is 4. The monoisotopic (exact) mass is 286 g/mol. The number of hydrogen-bond donors (Lipinski definition) is 0. The summed E-state index contributed by atoms with van der Waals surface area (Å²) in [7, 11) is 2.02. The van der Waals surface area contributed by atoms with Crippen molar-refractivity contribution in [1.82, 2.24) is 0 Å². The maximum Gasteiger partial charge on any atom is 0.430 e. The Morgan fingerprint density at radius 1 is 0.722 bits per heavy atom. The lowest BCUT2D eigenvalue weighted by Gasteiger charge is -2.03. The fourth-order valence-electron chi connectivity index (χ4n) is 1.03. The molecule has 0 saturated heterocycles. The first kappa shape index (κ1) is 12.5. The Morgan fingerprint density at radius 3 is 1.44 bits per heavy atom. The standard InChI is InChI=1S/C8H6N4O4S2/c13-9-3-1-7(11(15)5-9)17-18-8-2-4-10(14)6-12(8)16/h1-6H. The molecule has 0 aliphatic rings. The van der Waals surface area contributed by atoms with Gasteiger partial charge in [-0.3, -0.25) is 0 Å². The Balaban J connectivity index is 2.11. The predicted molar refractivity (Wildman–Crippen MR) is 60.4 cm³/mol. The quantitative estimate of drug-likeness (QED) is 0.310. The molecule has 18 heavy (non-hydrogen) atoms. The van der Waals surface area contributed by atoms with Crippen molar-refractivity contribution in [3.8, 4) is 0 Å². The molecule has 0 amide bonds. The van der Waals surface area contributed by atoms with Gasteiger partial charge in [0.2, 0.25) is 0 Å². The van der Waals surface area contributed by atoms with Crippen molar-refractivity contribution in [3.63, 3.8) is 0 Å². The molecule has 0 spiro atoms. The van der Waals surface area contributed by atoms with Crippen LogP contribution >= 0.6 is 21.6 Å². The lowest BCUT2D eigenvalue weighted by Crippen LogP contribution is -2.42. The summed E-state index contributed by atoms with van der Waals surface area (Å²) in [6, 6.07) is 2.67. The Labute approximate surface area is 109 Å². The molecule has 2 heterocycles. The molecule has 0 aliphatic heterocycles. The number of rotatable bonds is 3. The summed E-state index contributed by atoms with van der Waals surface area (Å²) in [4.78, 5) is 0. The van der Waals surface area contributed by atoms with Gasteiger partial charge < -0.3 is 20.8 Å². The predicted octanol–water partition coefficient (Wildman–Crippen LogP) is -0.980. The van der Waals surface area contributed by atoms with Crippen molar-refractivity contribution < 1.29 is 18.9 Å². The van der Waals surface area contributed by atoms with Gasteiger partial charge in [0.1, 0.15) is 0 Å². The third-order valence-corrected chi connectivity index (χ3v) is 4.14. The van der Waals surface area contributed by atoms with E-state index in [1.165, 1.54) is 24.5 Å². The molecular weight excluding hydrogens is 280 g/mol. The fraction of sp³-hybridized carbons (Fsp3) is 0. The Hall–Kier alpha value is -1.94. The molecule has 10 heteroatoms. The number of aromatic nitrogens is 4. The third kappa shape index (κ3) is 2.84. The minimum absolute atomic E-state index is 0.256. The largest absolute Gasteiger partial charge is 0.614 e. The average Bonchev–Trinajstić information content (AvgIpc) is 2.30. The molecule has 0 unspecified atom stereocenters. The van der Waals surface area contributed by atoms with Crippen LogP contribution in [-0.4, -0.2) is 0 Å². The highest BCUT2D eigenvalue weighted by atomic mass is 33.1. The van der Waals surface area contributed by atoms with E-state index in [-0.39, 0.29) is 10.1 Å². The molecule has 8 nitrogen and oxygen atoms in total. The second kappa shape index (κ2) is 5.14. The summed E-state index contributed by atoms with van der Waals surface area (Å²) in [5.41, 5.74) is 0. The summed E-state index contributed by atoms with van der Waals surface area (Å²) >= 11 is 0. The topological polar surface area (TPSA) is 108 Å². The van der Waals surface area contributed by atoms with E-state index in [1.54, 1.807) is 0 Å². The van der Waals surface area contributed by atoms with E-state index in [4.69, 9.17) is 0 Å². The summed E-state index contributed by atoms with van der Waals surface area (Å²) in [5, 5.41) is 44.7. The first-order valence-electron chi connectivity index (χ1n) is 4.55. The zero-order chi connectivity index (χ0) is 13.1. The van der Waals surface area contributed by atoms with Crippen molar-refractivity contribution in [2.75, 3.05) is 0 Å². The van der Waals surface area contributed by atoms with E-state index in [1.807, 2.05) is 0 Å². The molecule has 0 fully saturated rings. The van der Waals surface area contributed by atoms with E-state index >= 15 is 0 Å². The van der Waals surface area contributed by atoms with Crippen molar-refractivity contribution >= 4 is 21.6 Å². The van der Waals surface area contributed by atoms with Crippen LogP contribution in [0.2, 0.25) is 0 Å². The lowest BCUT2D eigenvalue weighted by atomic mass is 10.7. The number of hydrogen-bond acceptors (Lipinski definition) is 6. The van der Waals surface area contributed by atoms with Gasteiger partial charge in [-0.15, -0.1) is 18.9 Å². The molecule has 2 aromatic heterocycles. The minimum Gasteiger partial charge on any atom is -0.614 e. The zero-order valence-electron chi connectivity index (χ0n) is 8.70. The molecule has 0 radical (unpaired) electrons. The van der Waals surface area contributed by atoms with Crippen LogP contribution in [-0.2, 0) is 0 Å². The summed E-state index contributed by atoms with van der Waals surface area (Å²) in [5.74, 6) is 0. The smallest absolute Gasteiger partial charge is 0.430 e. The van der Waals surface area contributed by atoms with Crippen LogP contribution in [0.25, 0.3) is 0 Å². The van der Waals surface area contributed by atoms with Gasteiger partial charge in [0.25, 0.3) is 10.1 Å². The maximum absolute atomic E-state index is 11.3. The molecule has 2 aromatic rings. The molecule has 2 rings (SSSR count). The van der Waals surface area contributed by atoms with Crippen LogP contribution in [0.4, 0.5) is 0 Å². The lowest BCUT2D eigenvalue weighted by molar-refractivity contribution is -0.766. The van der Waals surface area contributed by atoms with Crippen molar-refractivity contribution in [1.29, 1.82) is 0 Å². The third-order valence-electron chi connectivity index (χ3n) is 1.81. The molecule has 0 bridgehead atoms. The van der Waals surface area contributed by atoms with Gasteiger partial charge in [-0.2, -0.15) is 0 Å². The molecule has 0 atom stereocenters. The maximum atomic E-state index is 11.3. The normalized spacial score (nSPS) is 10.4. The zero-order valence-corrected chi connectivity index (χ0v) is 10.3. The second-order valence-corrected chi connectivity index (χ2v) is 5.25. The summed E-state index contributed by atoms with van der Waals surface area (Å²) < 4.78 is 1.55. The van der Waals surface area contributed by atoms with E-state index < -0.39 is 0 Å². The van der Waals surface area contributed by atoms with Gasteiger partial charge in [0.05, 0.1) is 12.1 Å². The van der Waals surface area contributed by atoms with E-state index in [2.05, 4.69) is 0 Å². The SMILES string of the molecule is [O-][n+]1ccc(SSc2cc[n+]([O-])c[n+]2[O-])[n+]([O-])c1. The molecule has 0 aliphatic carbocycles. The Bertz CT molecular complexity index is 532. The Kier molecular flexibility index (Phi) is 3.58.